The number of aryl methyl sites for hydroxylation is 1. The minimum absolute atomic E-state index is 0.0142. The molecule has 3 rings (SSSR count). The third kappa shape index (κ3) is 4.01. The number of hydrogen-bond acceptors (Lipinski definition) is 4. The Morgan fingerprint density at radius 1 is 1.21 bits per heavy atom. The molecule has 0 bridgehead atoms. The first kappa shape index (κ1) is 15.8. The zero-order valence-electron chi connectivity index (χ0n) is 13.4. The standard InChI is InChI=1S/C19H18N2O3/c1-14-4-2-3-5-18(14)24-13-19(22)21-10-15-8-17(11-20-9-15)16-6-7-23-12-16/h2-9,11-12H,10,13H2,1H3,(H,21,22). The highest BCUT2D eigenvalue weighted by atomic mass is 16.5. The second kappa shape index (κ2) is 7.46. The predicted molar refractivity (Wildman–Crippen MR) is 90.5 cm³/mol. The van der Waals surface area contributed by atoms with Crippen LogP contribution in [0.25, 0.3) is 11.1 Å². The number of para-hydroxylation sites is 1. The Balaban J connectivity index is 1.53. The number of ether oxygens (including phenoxy) is 1. The van der Waals surface area contributed by atoms with E-state index in [0.29, 0.717) is 6.54 Å². The number of carbonyl (C=O) groups is 1. The van der Waals surface area contributed by atoms with Crippen LogP contribution in [0.2, 0.25) is 0 Å². The molecule has 5 nitrogen and oxygen atoms in total. The average molecular weight is 322 g/mol. The highest BCUT2D eigenvalue weighted by Gasteiger charge is 2.06. The topological polar surface area (TPSA) is 64.4 Å². The van der Waals surface area contributed by atoms with Crippen molar-refractivity contribution in [3.05, 3.63) is 72.4 Å². The van der Waals surface area contributed by atoms with Crippen molar-refractivity contribution < 1.29 is 13.9 Å². The van der Waals surface area contributed by atoms with Crippen LogP contribution in [0.5, 0.6) is 5.75 Å². The molecule has 0 aliphatic rings. The van der Waals surface area contributed by atoms with Crippen molar-refractivity contribution in [3.8, 4) is 16.9 Å². The molecule has 1 N–H and O–H groups in total. The van der Waals surface area contributed by atoms with Gasteiger partial charge in [-0.2, -0.15) is 0 Å². The van der Waals surface area contributed by atoms with Gasteiger partial charge >= 0.3 is 0 Å². The number of hydrogen-bond donors (Lipinski definition) is 1. The molecule has 1 amide bonds. The monoisotopic (exact) mass is 322 g/mol. The van der Waals surface area contributed by atoms with Crippen molar-refractivity contribution in [3.63, 3.8) is 0 Å². The van der Waals surface area contributed by atoms with E-state index in [0.717, 1.165) is 28.0 Å². The lowest BCUT2D eigenvalue weighted by atomic mass is 10.1. The molecule has 0 saturated heterocycles. The van der Waals surface area contributed by atoms with Crippen molar-refractivity contribution in [2.75, 3.05) is 6.61 Å². The van der Waals surface area contributed by atoms with Crippen LogP contribution in [-0.2, 0) is 11.3 Å². The van der Waals surface area contributed by atoms with Gasteiger partial charge in [-0.05, 0) is 36.2 Å². The Labute approximate surface area is 140 Å². The number of carbonyl (C=O) groups excluding carboxylic acids is 1. The quantitative estimate of drug-likeness (QED) is 0.756. The van der Waals surface area contributed by atoms with Crippen molar-refractivity contribution in [2.24, 2.45) is 0 Å². The lowest BCUT2D eigenvalue weighted by molar-refractivity contribution is -0.123. The van der Waals surface area contributed by atoms with Gasteiger partial charge in [0.25, 0.3) is 5.91 Å². The van der Waals surface area contributed by atoms with Gasteiger partial charge in [0.1, 0.15) is 5.75 Å². The first-order valence-corrected chi connectivity index (χ1v) is 7.64. The molecule has 0 aliphatic carbocycles. The van der Waals surface area contributed by atoms with Gasteiger partial charge in [-0.3, -0.25) is 9.78 Å². The number of furan rings is 1. The second-order valence-electron chi connectivity index (χ2n) is 5.42. The summed E-state index contributed by atoms with van der Waals surface area (Å²) in [6, 6.07) is 11.5. The molecular weight excluding hydrogens is 304 g/mol. The van der Waals surface area contributed by atoms with Crippen molar-refractivity contribution in [1.82, 2.24) is 10.3 Å². The summed E-state index contributed by atoms with van der Waals surface area (Å²) in [6.45, 7) is 2.33. The first-order valence-electron chi connectivity index (χ1n) is 7.64. The van der Waals surface area contributed by atoms with Gasteiger partial charge in [0.15, 0.2) is 6.61 Å². The third-order valence-electron chi connectivity index (χ3n) is 3.59. The van der Waals surface area contributed by atoms with E-state index in [9.17, 15) is 4.79 Å². The molecule has 0 fully saturated rings. The fourth-order valence-corrected chi connectivity index (χ4v) is 2.28. The predicted octanol–water partition coefficient (Wildman–Crippen LogP) is 3.35. The largest absolute Gasteiger partial charge is 0.484 e. The zero-order chi connectivity index (χ0) is 16.8. The van der Waals surface area contributed by atoms with Gasteiger partial charge in [-0.1, -0.05) is 18.2 Å². The first-order chi connectivity index (χ1) is 11.7. The van der Waals surface area contributed by atoms with Crippen LogP contribution < -0.4 is 10.1 Å². The zero-order valence-corrected chi connectivity index (χ0v) is 13.4. The van der Waals surface area contributed by atoms with E-state index in [2.05, 4.69) is 10.3 Å². The highest BCUT2D eigenvalue weighted by molar-refractivity contribution is 5.77. The number of nitrogens with zero attached hydrogens (tertiary/aromatic N) is 1. The summed E-state index contributed by atoms with van der Waals surface area (Å²) >= 11 is 0. The molecule has 0 spiro atoms. The minimum atomic E-state index is -0.174. The third-order valence-corrected chi connectivity index (χ3v) is 3.59. The van der Waals surface area contributed by atoms with Gasteiger partial charge < -0.3 is 14.5 Å². The molecule has 0 atom stereocenters. The Hall–Kier alpha value is -3.08. The van der Waals surface area contributed by atoms with E-state index in [1.54, 1.807) is 24.9 Å². The molecule has 5 heteroatoms. The van der Waals surface area contributed by atoms with Crippen molar-refractivity contribution in [1.29, 1.82) is 0 Å². The van der Waals surface area contributed by atoms with Crippen molar-refractivity contribution >= 4 is 5.91 Å². The summed E-state index contributed by atoms with van der Waals surface area (Å²) in [5, 5.41) is 2.83. The number of aromatic nitrogens is 1. The van der Waals surface area contributed by atoms with Crippen LogP contribution in [-0.4, -0.2) is 17.5 Å². The molecular formula is C19H18N2O3. The van der Waals surface area contributed by atoms with Crippen molar-refractivity contribution in [2.45, 2.75) is 13.5 Å². The van der Waals surface area contributed by atoms with Crippen LogP contribution in [0.4, 0.5) is 0 Å². The molecule has 122 valence electrons. The fraction of sp³-hybridized carbons (Fsp3) is 0.158. The summed E-state index contributed by atoms with van der Waals surface area (Å²) in [4.78, 5) is 16.1. The van der Waals surface area contributed by atoms with Gasteiger partial charge in [0.05, 0.1) is 12.5 Å². The van der Waals surface area contributed by atoms with Crippen LogP contribution in [0, 0.1) is 6.92 Å². The highest BCUT2D eigenvalue weighted by Crippen LogP contribution is 2.19. The minimum Gasteiger partial charge on any atom is -0.484 e. The van der Waals surface area contributed by atoms with E-state index < -0.39 is 0 Å². The number of rotatable bonds is 6. The number of amides is 1. The average Bonchev–Trinajstić information content (AvgIpc) is 3.14. The maximum Gasteiger partial charge on any atom is 0.258 e. The molecule has 2 aromatic heterocycles. The summed E-state index contributed by atoms with van der Waals surface area (Å²) in [6.07, 6.45) is 6.77. The van der Waals surface area contributed by atoms with Gasteiger partial charge in [0, 0.05) is 30.1 Å². The van der Waals surface area contributed by atoms with Crippen LogP contribution >= 0.6 is 0 Å². The number of nitrogens with one attached hydrogen (secondary N) is 1. The number of benzene rings is 1. The van der Waals surface area contributed by atoms with E-state index in [1.165, 1.54) is 0 Å². The summed E-state index contributed by atoms with van der Waals surface area (Å²) in [5.41, 5.74) is 3.82. The summed E-state index contributed by atoms with van der Waals surface area (Å²) < 4.78 is 10.6. The Bertz CT molecular complexity index is 813. The Kier molecular flexibility index (Phi) is 4.91. The van der Waals surface area contributed by atoms with E-state index in [-0.39, 0.29) is 12.5 Å². The molecule has 2 heterocycles. The lowest BCUT2D eigenvalue weighted by Gasteiger charge is -2.09. The lowest BCUT2D eigenvalue weighted by Crippen LogP contribution is -2.28. The van der Waals surface area contributed by atoms with Crippen LogP contribution in [0.15, 0.2) is 65.7 Å². The maximum atomic E-state index is 11.9. The molecule has 0 radical (unpaired) electrons. The van der Waals surface area contributed by atoms with Gasteiger partial charge in [-0.15, -0.1) is 0 Å². The summed E-state index contributed by atoms with van der Waals surface area (Å²) in [7, 11) is 0. The van der Waals surface area contributed by atoms with Gasteiger partial charge in [-0.25, -0.2) is 0 Å². The van der Waals surface area contributed by atoms with Crippen LogP contribution in [0.3, 0.4) is 0 Å². The van der Waals surface area contributed by atoms with Gasteiger partial charge in [0.2, 0.25) is 0 Å². The normalized spacial score (nSPS) is 10.4. The smallest absolute Gasteiger partial charge is 0.258 e. The SMILES string of the molecule is Cc1ccccc1OCC(=O)NCc1cncc(-c2ccoc2)c1. The number of pyridine rings is 1. The second-order valence-corrected chi connectivity index (χ2v) is 5.42. The molecule has 0 unspecified atom stereocenters. The maximum absolute atomic E-state index is 11.9. The van der Waals surface area contributed by atoms with E-state index in [1.807, 2.05) is 43.3 Å². The molecule has 24 heavy (non-hydrogen) atoms. The van der Waals surface area contributed by atoms with E-state index >= 15 is 0 Å². The molecule has 0 aliphatic heterocycles. The van der Waals surface area contributed by atoms with Crippen LogP contribution in [0.1, 0.15) is 11.1 Å². The molecule has 0 saturated carbocycles. The Morgan fingerprint density at radius 3 is 2.88 bits per heavy atom. The molecule has 1 aromatic carbocycles. The molecule has 3 aromatic rings. The Morgan fingerprint density at radius 2 is 2.08 bits per heavy atom. The van der Waals surface area contributed by atoms with E-state index in [4.69, 9.17) is 9.15 Å². The summed E-state index contributed by atoms with van der Waals surface area (Å²) in [5.74, 6) is 0.545. The fourth-order valence-electron chi connectivity index (χ4n) is 2.28.